The molecule has 1 nitrogen and oxygen atoms in total. The Balaban J connectivity index is 1.37. The van der Waals surface area contributed by atoms with Crippen LogP contribution in [-0.4, -0.2) is 0 Å². The summed E-state index contributed by atoms with van der Waals surface area (Å²) in [6.45, 7) is 0. The van der Waals surface area contributed by atoms with E-state index in [-0.39, 0.29) is 0 Å². The van der Waals surface area contributed by atoms with E-state index < -0.39 is 7.14 Å². The normalized spacial score (nSPS) is 11.7. The second-order valence-corrected chi connectivity index (χ2v) is 14.0. The molecule has 0 heterocycles. The Morgan fingerprint density at radius 3 is 1.32 bits per heavy atom. The van der Waals surface area contributed by atoms with Gasteiger partial charge < -0.3 is 4.57 Å². The summed E-state index contributed by atoms with van der Waals surface area (Å²) >= 11 is 0. The van der Waals surface area contributed by atoms with Crippen LogP contribution in [0.1, 0.15) is 0 Å². The summed E-state index contributed by atoms with van der Waals surface area (Å²) in [5.74, 6) is 0. The molecule has 0 radical (unpaired) electrons. The standard InChI is InChI=1S/C42H29OP/c43-44(33-16-6-2-7-17-33,34-18-8-3-9-19-34)35-26-24-30(25-27-35)32-28-40(31-14-4-1-5-15-31)42-39-23-13-12-21-37(39)36-20-10-11-22-38(36)41(42)29-32/h1-29H. The molecule has 0 fully saturated rings. The van der Waals surface area contributed by atoms with Crippen LogP contribution in [0.15, 0.2) is 176 Å². The molecule has 0 spiro atoms. The summed E-state index contributed by atoms with van der Waals surface area (Å²) < 4.78 is 15.0. The minimum atomic E-state index is -3.04. The Labute approximate surface area is 257 Å². The molecule has 44 heavy (non-hydrogen) atoms. The van der Waals surface area contributed by atoms with E-state index in [9.17, 15) is 4.57 Å². The number of fused-ring (bicyclic) bond motifs is 6. The third-order valence-corrected chi connectivity index (χ3v) is 11.8. The van der Waals surface area contributed by atoms with Gasteiger partial charge in [-0.05, 0) is 66.7 Å². The molecule has 8 aromatic carbocycles. The van der Waals surface area contributed by atoms with Crippen LogP contribution in [-0.2, 0) is 4.57 Å². The molecule has 0 unspecified atom stereocenters. The van der Waals surface area contributed by atoms with Gasteiger partial charge in [-0.2, -0.15) is 0 Å². The first kappa shape index (κ1) is 26.4. The molecule has 0 aliphatic heterocycles. The van der Waals surface area contributed by atoms with E-state index in [0.717, 1.165) is 27.0 Å². The molecule has 8 rings (SSSR count). The van der Waals surface area contributed by atoms with E-state index in [4.69, 9.17) is 0 Å². The summed E-state index contributed by atoms with van der Waals surface area (Å²) in [5, 5.41) is 10.0. The molecule has 0 aliphatic rings. The van der Waals surface area contributed by atoms with E-state index in [1.165, 1.54) is 43.4 Å². The zero-order chi connectivity index (χ0) is 29.5. The predicted molar refractivity (Wildman–Crippen MR) is 189 cm³/mol. The molecule has 0 amide bonds. The van der Waals surface area contributed by atoms with Crippen molar-refractivity contribution in [1.29, 1.82) is 0 Å². The zero-order valence-electron chi connectivity index (χ0n) is 24.1. The third kappa shape index (κ3) is 4.29. The van der Waals surface area contributed by atoms with Crippen molar-refractivity contribution in [2.75, 3.05) is 0 Å². The summed E-state index contributed by atoms with van der Waals surface area (Å²) in [4.78, 5) is 0. The minimum Gasteiger partial charge on any atom is -0.309 e. The Morgan fingerprint density at radius 1 is 0.318 bits per heavy atom. The van der Waals surface area contributed by atoms with Gasteiger partial charge in [0.1, 0.15) is 0 Å². The molecule has 0 N–H and O–H groups in total. The fourth-order valence-corrected chi connectivity index (χ4v) is 9.28. The van der Waals surface area contributed by atoms with Gasteiger partial charge in [0, 0.05) is 15.9 Å². The third-order valence-electron chi connectivity index (χ3n) is 8.73. The molecule has 0 saturated carbocycles. The highest BCUT2D eigenvalue weighted by atomic mass is 31.2. The van der Waals surface area contributed by atoms with Gasteiger partial charge in [0.15, 0.2) is 7.14 Å². The van der Waals surface area contributed by atoms with Gasteiger partial charge >= 0.3 is 0 Å². The van der Waals surface area contributed by atoms with Crippen molar-refractivity contribution in [2.24, 2.45) is 0 Å². The number of hydrogen-bond acceptors (Lipinski definition) is 1. The molecule has 8 aromatic rings. The van der Waals surface area contributed by atoms with Crippen molar-refractivity contribution in [2.45, 2.75) is 0 Å². The van der Waals surface area contributed by atoms with Crippen molar-refractivity contribution in [1.82, 2.24) is 0 Å². The van der Waals surface area contributed by atoms with Crippen LogP contribution in [0.5, 0.6) is 0 Å². The summed E-state index contributed by atoms with van der Waals surface area (Å²) in [5.41, 5.74) is 4.63. The van der Waals surface area contributed by atoms with E-state index in [1.54, 1.807) is 0 Å². The minimum absolute atomic E-state index is 0.833. The van der Waals surface area contributed by atoms with Crippen molar-refractivity contribution in [3.8, 4) is 22.3 Å². The maximum atomic E-state index is 15.0. The first-order chi connectivity index (χ1) is 21.7. The monoisotopic (exact) mass is 580 g/mol. The van der Waals surface area contributed by atoms with E-state index in [2.05, 4.69) is 115 Å². The van der Waals surface area contributed by atoms with Crippen LogP contribution < -0.4 is 15.9 Å². The Morgan fingerprint density at radius 2 is 0.750 bits per heavy atom. The quantitative estimate of drug-likeness (QED) is 0.146. The van der Waals surface area contributed by atoms with Crippen molar-refractivity contribution >= 4 is 55.4 Å². The van der Waals surface area contributed by atoms with Gasteiger partial charge in [-0.25, -0.2) is 0 Å². The lowest BCUT2D eigenvalue weighted by Crippen LogP contribution is -2.24. The van der Waals surface area contributed by atoms with Crippen LogP contribution in [0.25, 0.3) is 54.6 Å². The van der Waals surface area contributed by atoms with Gasteiger partial charge in [-0.15, -0.1) is 0 Å². The highest BCUT2D eigenvalue weighted by Gasteiger charge is 2.29. The molecular formula is C42H29OP. The molecule has 0 atom stereocenters. The van der Waals surface area contributed by atoms with Crippen LogP contribution in [0.4, 0.5) is 0 Å². The summed E-state index contributed by atoms with van der Waals surface area (Å²) in [6, 6.07) is 60.9. The average molecular weight is 581 g/mol. The van der Waals surface area contributed by atoms with Gasteiger partial charge in [-0.1, -0.05) is 164 Å². The van der Waals surface area contributed by atoms with Crippen LogP contribution in [0.2, 0.25) is 0 Å². The van der Waals surface area contributed by atoms with Gasteiger partial charge in [0.25, 0.3) is 0 Å². The molecule has 0 aliphatic carbocycles. The largest absolute Gasteiger partial charge is 0.309 e. The Hall–Kier alpha value is -5.23. The Kier molecular flexibility index (Phi) is 6.48. The lowest BCUT2D eigenvalue weighted by atomic mass is 9.87. The summed E-state index contributed by atoms with van der Waals surface area (Å²) in [7, 11) is -3.04. The second kappa shape index (κ2) is 10.8. The van der Waals surface area contributed by atoms with Crippen LogP contribution in [0.3, 0.4) is 0 Å². The maximum Gasteiger partial charge on any atom is 0.171 e. The Bertz CT molecular complexity index is 2280. The molecule has 0 aromatic heterocycles. The van der Waals surface area contributed by atoms with Crippen molar-refractivity contribution < 1.29 is 4.57 Å². The number of rotatable bonds is 5. The van der Waals surface area contributed by atoms with Crippen molar-refractivity contribution in [3.05, 3.63) is 176 Å². The first-order valence-electron chi connectivity index (χ1n) is 15.0. The molecule has 0 saturated heterocycles. The van der Waals surface area contributed by atoms with Crippen LogP contribution in [0, 0.1) is 0 Å². The lowest BCUT2D eigenvalue weighted by Gasteiger charge is -2.20. The van der Waals surface area contributed by atoms with E-state index >= 15 is 0 Å². The number of benzene rings is 8. The van der Waals surface area contributed by atoms with Gasteiger partial charge in [0.2, 0.25) is 0 Å². The highest BCUT2D eigenvalue weighted by Crippen LogP contribution is 2.44. The van der Waals surface area contributed by atoms with E-state index in [1.807, 2.05) is 60.7 Å². The molecule has 0 bridgehead atoms. The topological polar surface area (TPSA) is 17.1 Å². The van der Waals surface area contributed by atoms with Gasteiger partial charge in [-0.3, -0.25) is 0 Å². The fourth-order valence-electron chi connectivity index (χ4n) is 6.63. The smallest absolute Gasteiger partial charge is 0.171 e. The average Bonchev–Trinajstić information content (AvgIpc) is 3.12. The fraction of sp³-hybridized carbons (Fsp3) is 0. The second-order valence-electron chi connectivity index (χ2n) is 11.2. The number of hydrogen-bond donors (Lipinski definition) is 0. The van der Waals surface area contributed by atoms with Gasteiger partial charge in [0.05, 0.1) is 0 Å². The summed E-state index contributed by atoms with van der Waals surface area (Å²) in [6.07, 6.45) is 0. The first-order valence-corrected chi connectivity index (χ1v) is 16.7. The maximum absolute atomic E-state index is 15.0. The highest BCUT2D eigenvalue weighted by molar-refractivity contribution is 7.85. The van der Waals surface area contributed by atoms with E-state index in [0.29, 0.717) is 0 Å². The molecule has 208 valence electrons. The molecular weight excluding hydrogens is 551 g/mol. The molecule has 2 heteroatoms. The predicted octanol–water partition coefficient (Wildman–Crippen LogP) is 10.1. The van der Waals surface area contributed by atoms with Crippen LogP contribution >= 0.6 is 7.14 Å². The zero-order valence-corrected chi connectivity index (χ0v) is 25.0. The van der Waals surface area contributed by atoms with Crippen molar-refractivity contribution in [3.63, 3.8) is 0 Å². The lowest BCUT2D eigenvalue weighted by molar-refractivity contribution is 0.592. The SMILES string of the molecule is O=P(c1ccccc1)(c1ccccc1)c1ccc(-c2cc(-c3ccccc3)c3c4ccccc4c4ccccc4c3c2)cc1.